The van der Waals surface area contributed by atoms with Crippen LogP contribution in [0.4, 0.5) is 11.4 Å². The van der Waals surface area contributed by atoms with Crippen molar-refractivity contribution in [2.75, 3.05) is 57.7 Å². The summed E-state index contributed by atoms with van der Waals surface area (Å²) in [4.78, 5) is 9.34. The van der Waals surface area contributed by atoms with Crippen LogP contribution < -0.4 is 9.80 Å². The van der Waals surface area contributed by atoms with Crippen LogP contribution in [0.3, 0.4) is 0 Å². The summed E-state index contributed by atoms with van der Waals surface area (Å²) >= 11 is 0. The van der Waals surface area contributed by atoms with Gasteiger partial charge in [-0.25, -0.2) is 0 Å². The van der Waals surface area contributed by atoms with E-state index in [9.17, 15) is 0 Å². The zero-order valence-electron chi connectivity index (χ0n) is 15.9. The van der Waals surface area contributed by atoms with Crippen molar-refractivity contribution in [2.24, 2.45) is 0 Å². The maximum absolute atomic E-state index is 2.53. The van der Waals surface area contributed by atoms with Crippen LogP contribution in [0.5, 0.6) is 0 Å². The minimum Gasteiger partial charge on any atom is -0.378 e. The van der Waals surface area contributed by atoms with Crippen LogP contribution >= 0.6 is 0 Å². The highest BCUT2D eigenvalue weighted by Crippen LogP contribution is 2.18. The van der Waals surface area contributed by atoms with Crippen molar-refractivity contribution >= 4 is 11.4 Å². The third-order valence-corrected chi connectivity index (χ3v) is 4.85. The van der Waals surface area contributed by atoms with E-state index < -0.39 is 0 Å². The van der Waals surface area contributed by atoms with Gasteiger partial charge in [-0.3, -0.25) is 9.80 Å². The van der Waals surface area contributed by atoms with Gasteiger partial charge in [0.15, 0.2) is 0 Å². The van der Waals surface area contributed by atoms with E-state index in [0.29, 0.717) is 0 Å². The van der Waals surface area contributed by atoms with Crippen LogP contribution in [0.25, 0.3) is 0 Å². The monoisotopic (exact) mass is 338 g/mol. The molecule has 2 aromatic carbocycles. The Labute approximate surface area is 152 Å². The first-order valence-electron chi connectivity index (χ1n) is 8.98. The van der Waals surface area contributed by atoms with Gasteiger partial charge < -0.3 is 9.80 Å². The predicted octanol–water partition coefficient (Wildman–Crippen LogP) is 3.09. The van der Waals surface area contributed by atoms with Crippen molar-refractivity contribution in [1.29, 1.82) is 0 Å². The van der Waals surface area contributed by atoms with Gasteiger partial charge in [0, 0.05) is 65.7 Å². The Morgan fingerprint density at radius 1 is 0.640 bits per heavy atom. The van der Waals surface area contributed by atoms with E-state index in [4.69, 9.17) is 0 Å². The normalized spacial score (nSPS) is 15.5. The molecule has 1 saturated heterocycles. The fraction of sp³-hybridized carbons (Fsp3) is 0.429. The van der Waals surface area contributed by atoms with E-state index in [1.165, 1.54) is 22.5 Å². The number of benzene rings is 2. The van der Waals surface area contributed by atoms with Crippen LogP contribution in [0, 0.1) is 0 Å². The Balaban J connectivity index is 1.51. The lowest BCUT2D eigenvalue weighted by molar-refractivity contribution is 0.235. The zero-order chi connectivity index (χ0) is 17.8. The largest absolute Gasteiger partial charge is 0.378 e. The van der Waals surface area contributed by atoms with Crippen molar-refractivity contribution in [3.63, 3.8) is 0 Å². The minimum atomic E-state index is 1.03. The molecule has 2 aromatic rings. The number of rotatable bonds is 6. The molecule has 1 fully saturated rings. The number of hydrogen-bond donors (Lipinski definition) is 0. The average molecular weight is 338 g/mol. The van der Waals surface area contributed by atoms with Crippen LogP contribution in [0.2, 0.25) is 0 Å². The Hall–Kier alpha value is -2.04. The Bertz CT molecular complexity index is 602. The summed E-state index contributed by atoms with van der Waals surface area (Å²) in [6.07, 6.45) is 0. The number of anilines is 2. The van der Waals surface area contributed by atoms with E-state index in [1.807, 2.05) is 0 Å². The van der Waals surface area contributed by atoms with Gasteiger partial charge >= 0.3 is 0 Å². The van der Waals surface area contributed by atoms with Crippen molar-refractivity contribution in [1.82, 2.24) is 9.80 Å². The van der Waals surface area contributed by atoms with Gasteiger partial charge in [0.05, 0.1) is 6.67 Å². The van der Waals surface area contributed by atoms with E-state index in [1.54, 1.807) is 0 Å². The molecule has 1 aliphatic rings. The van der Waals surface area contributed by atoms with Crippen molar-refractivity contribution < 1.29 is 0 Å². The SMILES string of the molecule is CN(C)c1ccc(CN2CCN(Cc3ccc(N(C)C)cc3)C2)cc1. The number of nitrogens with zero attached hydrogens (tertiary/aromatic N) is 4. The van der Waals surface area contributed by atoms with E-state index in [-0.39, 0.29) is 0 Å². The van der Waals surface area contributed by atoms with Crippen LogP contribution in [-0.2, 0) is 13.1 Å². The molecule has 0 spiro atoms. The molecule has 134 valence electrons. The lowest BCUT2D eigenvalue weighted by atomic mass is 10.2. The van der Waals surface area contributed by atoms with Gasteiger partial charge in [-0.1, -0.05) is 24.3 Å². The first-order chi connectivity index (χ1) is 12.0. The molecule has 1 aliphatic heterocycles. The first-order valence-corrected chi connectivity index (χ1v) is 8.98. The molecule has 0 amide bonds. The molecule has 25 heavy (non-hydrogen) atoms. The van der Waals surface area contributed by atoms with Crippen LogP contribution in [0.1, 0.15) is 11.1 Å². The molecule has 0 aliphatic carbocycles. The molecule has 0 saturated carbocycles. The van der Waals surface area contributed by atoms with Gasteiger partial charge in [0.1, 0.15) is 0 Å². The summed E-state index contributed by atoms with van der Waals surface area (Å²) in [5.74, 6) is 0. The van der Waals surface area contributed by atoms with E-state index in [2.05, 4.69) is 96.3 Å². The van der Waals surface area contributed by atoms with Gasteiger partial charge in [-0.2, -0.15) is 0 Å². The van der Waals surface area contributed by atoms with Gasteiger partial charge in [-0.15, -0.1) is 0 Å². The quantitative estimate of drug-likeness (QED) is 0.802. The fourth-order valence-electron chi connectivity index (χ4n) is 3.28. The standard InChI is InChI=1S/C21H30N4/c1-22(2)20-9-5-18(6-10-20)15-24-13-14-25(17-24)16-19-7-11-21(12-8-19)23(3)4/h5-12H,13-17H2,1-4H3. The van der Waals surface area contributed by atoms with Crippen molar-refractivity contribution in [2.45, 2.75) is 13.1 Å². The van der Waals surface area contributed by atoms with Crippen molar-refractivity contribution in [3.8, 4) is 0 Å². The minimum absolute atomic E-state index is 1.03. The molecule has 4 heteroatoms. The molecular weight excluding hydrogens is 308 g/mol. The molecule has 0 N–H and O–H groups in total. The average Bonchev–Trinajstić information content (AvgIpc) is 3.02. The topological polar surface area (TPSA) is 13.0 Å². The zero-order valence-corrected chi connectivity index (χ0v) is 15.9. The smallest absolute Gasteiger partial charge is 0.0513 e. The maximum atomic E-state index is 2.53. The lowest BCUT2D eigenvalue weighted by Gasteiger charge is -2.19. The number of hydrogen-bond acceptors (Lipinski definition) is 4. The second kappa shape index (κ2) is 7.89. The second-order valence-corrected chi connectivity index (χ2v) is 7.37. The lowest BCUT2D eigenvalue weighted by Crippen LogP contribution is -2.25. The molecule has 4 nitrogen and oxygen atoms in total. The van der Waals surface area contributed by atoms with Crippen LogP contribution in [0.15, 0.2) is 48.5 Å². The van der Waals surface area contributed by atoms with E-state index in [0.717, 1.165) is 32.8 Å². The van der Waals surface area contributed by atoms with E-state index >= 15 is 0 Å². The summed E-state index contributed by atoms with van der Waals surface area (Å²) in [6, 6.07) is 17.8. The molecule has 0 bridgehead atoms. The van der Waals surface area contributed by atoms with Gasteiger partial charge in [0.25, 0.3) is 0 Å². The summed E-state index contributed by atoms with van der Waals surface area (Å²) < 4.78 is 0. The summed E-state index contributed by atoms with van der Waals surface area (Å²) in [6.45, 7) is 5.40. The predicted molar refractivity (Wildman–Crippen MR) is 107 cm³/mol. The third-order valence-electron chi connectivity index (χ3n) is 4.85. The molecular formula is C21H30N4. The fourth-order valence-corrected chi connectivity index (χ4v) is 3.28. The van der Waals surface area contributed by atoms with Crippen molar-refractivity contribution in [3.05, 3.63) is 59.7 Å². The van der Waals surface area contributed by atoms with Crippen LogP contribution in [-0.4, -0.2) is 57.7 Å². The Morgan fingerprint density at radius 3 is 1.32 bits per heavy atom. The summed E-state index contributed by atoms with van der Waals surface area (Å²) in [5, 5.41) is 0. The molecule has 0 atom stereocenters. The molecule has 3 rings (SSSR count). The summed E-state index contributed by atoms with van der Waals surface area (Å²) in [7, 11) is 8.33. The molecule has 0 unspecified atom stereocenters. The Morgan fingerprint density at radius 2 is 1.00 bits per heavy atom. The highest BCUT2D eigenvalue weighted by Gasteiger charge is 2.20. The van der Waals surface area contributed by atoms with Gasteiger partial charge in [-0.05, 0) is 35.4 Å². The highest BCUT2D eigenvalue weighted by atomic mass is 15.4. The maximum Gasteiger partial charge on any atom is 0.0513 e. The second-order valence-electron chi connectivity index (χ2n) is 7.37. The molecule has 0 radical (unpaired) electrons. The Kier molecular flexibility index (Phi) is 5.61. The highest BCUT2D eigenvalue weighted by molar-refractivity contribution is 5.46. The van der Waals surface area contributed by atoms with Gasteiger partial charge in [0.2, 0.25) is 0 Å². The molecule has 1 heterocycles. The molecule has 0 aromatic heterocycles. The first kappa shape index (κ1) is 17.8. The third kappa shape index (κ3) is 4.74. The summed E-state index contributed by atoms with van der Waals surface area (Å²) in [5.41, 5.74) is 5.30.